The van der Waals surface area contributed by atoms with Crippen molar-refractivity contribution in [1.29, 1.82) is 5.26 Å². The topological polar surface area (TPSA) is 84.6 Å². The lowest BCUT2D eigenvalue weighted by atomic mass is 9.74. The van der Waals surface area contributed by atoms with Gasteiger partial charge < -0.3 is 14.9 Å². The SMILES string of the molecule is CC/C=C(/C=C(/C(=O)N1CCCCC1)c1cc(O)ccc1C)C(=O)N1CCC(C#N)(c2ccccc2)CC1. The van der Waals surface area contributed by atoms with Crippen LogP contribution >= 0.6 is 0 Å². The molecule has 0 aromatic heterocycles. The second kappa shape index (κ2) is 12.1. The minimum absolute atomic E-state index is 0.0834. The van der Waals surface area contributed by atoms with E-state index in [0.29, 0.717) is 62.2 Å². The monoisotopic (exact) mass is 511 g/mol. The number of likely N-dealkylation sites (tertiary alicyclic amines) is 2. The maximum absolute atomic E-state index is 13.8. The number of hydrogen-bond donors (Lipinski definition) is 1. The van der Waals surface area contributed by atoms with Gasteiger partial charge in [0.1, 0.15) is 5.75 Å². The summed E-state index contributed by atoms with van der Waals surface area (Å²) in [6.45, 7) is 6.20. The molecule has 2 amide bonds. The first kappa shape index (κ1) is 27.2. The Bertz CT molecular complexity index is 1260. The second-order valence-electron chi connectivity index (χ2n) is 10.3. The third kappa shape index (κ3) is 5.83. The van der Waals surface area contributed by atoms with Gasteiger partial charge in [0.15, 0.2) is 0 Å². The summed E-state index contributed by atoms with van der Waals surface area (Å²) in [5, 5.41) is 20.3. The van der Waals surface area contributed by atoms with Crippen LogP contribution in [0, 0.1) is 18.3 Å². The number of allylic oxidation sites excluding steroid dienone is 1. The number of carbonyl (C=O) groups is 2. The van der Waals surface area contributed by atoms with Crippen molar-refractivity contribution >= 4 is 17.4 Å². The molecule has 0 bridgehead atoms. The molecular formula is C32H37N3O3. The first-order valence-electron chi connectivity index (χ1n) is 13.7. The Morgan fingerprint density at radius 3 is 2.26 bits per heavy atom. The van der Waals surface area contributed by atoms with Crippen LogP contribution in [0.15, 0.2) is 66.3 Å². The Morgan fingerprint density at radius 2 is 1.63 bits per heavy atom. The van der Waals surface area contributed by atoms with Crippen molar-refractivity contribution in [1.82, 2.24) is 9.80 Å². The third-order valence-electron chi connectivity index (χ3n) is 7.80. The van der Waals surface area contributed by atoms with E-state index in [-0.39, 0.29) is 17.6 Å². The molecule has 6 nitrogen and oxygen atoms in total. The number of piperidine rings is 2. The van der Waals surface area contributed by atoms with Crippen molar-refractivity contribution in [2.24, 2.45) is 0 Å². The van der Waals surface area contributed by atoms with E-state index in [1.807, 2.05) is 55.2 Å². The summed E-state index contributed by atoms with van der Waals surface area (Å²) < 4.78 is 0. The Balaban J connectivity index is 1.64. The summed E-state index contributed by atoms with van der Waals surface area (Å²) in [5.41, 5.74) is 2.80. The van der Waals surface area contributed by atoms with Crippen molar-refractivity contribution in [3.8, 4) is 11.8 Å². The normalized spacial score (nSPS) is 18.1. The molecule has 0 saturated carbocycles. The Labute approximate surface area is 225 Å². The minimum atomic E-state index is -0.601. The fourth-order valence-electron chi connectivity index (χ4n) is 5.50. The predicted octanol–water partition coefficient (Wildman–Crippen LogP) is 5.52. The molecule has 38 heavy (non-hydrogen) atoms. The fourth-order valence-corrected chi connectivity index (χ4v) is 5.50. The summed E-state index contributed by atoms with van der Waals surface area (Å²) in [6, 6.07) is 17.4. The van der Waals surface area contributed by atoms with Gasteiger partial charge in [-0.05, 0) is 80.3 Å². The van der Waals surface area contributed by atoms with Gasteiger partial charge in [-0.1, -0.05) is 49.4 Å². The smallest absolute Gasteiger partial charge is 0.254 e. The zero-order valence-corrected chi connectivity index (χ0v) is 22.4. The molecule has 2 aromatic carbocycles. The molecule has 0 radical (unpaired) electrons. The summed E-state index contributed by atoms with van der Waals surface area (Å²) in [5.74, 6) is -0.160. The highest BCUT2D eigenvalue weighted by Gasteiger charge is 2.38. The van der Waals surface area contributed by atoms with Crippen LogP contribution in [0.2, 0.25) is 0 Å². The van der Waals surface area contributed by atoms with Crippen LogP contribution in [-0.2, 0) is 15.0 Å². The molecular weight excluding hydrogens is 474 g/mol. The number of phenolic OH excluding ortho intramolecular Hbond substituents is 1. The zero-order valence-electron chi connectivity index (χ0n) is 22.4. The Kier molecular flexibility index (Phi) is 8.68. The third-order valence-corrected chi connectivity index (χ3v) is 7.80. The first-order chi connectivity index (χ1) is 18.4. The molecule has 0 atom stereocenters. The van der Waals surface area contributed by atoms with Crippen LogP contribution in [-0.4, -0.2) is 52.9 Å². The quantitative estimate of drug-likeness (QED) is 0.409. The van der Waals surface area contributed by atoms with Gasteiger partial charge in [0.2, 0.25) is 0 Å². The Hall–Kier alpha value is -3.85. The number of nitriles is 1. The van der Waals surface area contributed by atoms with Crippen LogP contribution in [0.1, 0.15) is 62.1 Å². The maximum atomic E-state index is 13.8. The van der Waals surface area contributed by atoms with Crippen LogP contribution in [0.5, 0.6) is 5.75 Å². The highest BCUT2D eigenvalue weighted by Crippen LogP contribution is 2.36. The van der Waals surface area contributed by atoms with Gasteiger partial charge >= 0.3 is 0 Å². The average Bonchev–Trinajstić information content (AvgIpc) is 2.97. The van der Waals surface area contributed by atoms with Gasteiger partial charge in [0.05, 0.1) is 11.5 Å². The lowest BCUT2D eigenvalue weighted by Crippen LogP contribution is -2.45. The molecule has 2 heterocycles. The van der Waals surface area contributed by atoms with E-state index >= 15 is 0 Å². The first-order valence-corrected chi connectivity index (χ1v) is 13.7. The lowest BCUT2D eigenvalue weighted by molar-refractivity contribution is -0.128. The van der Waals surface area contributed by atoms with Crippen LogP contribution in [0.25, 0.3) is 5.57 Å². The lowest BCUT2D eigenvalue weighted by Gasteiger charge is -2.38. The summed E-state index contributed by atoms with van der Waals surface area (Å²) in [7, 11) is 0. The van der Waals surface area contributed by atoms with Crippen molar-refractivity contribution in [3.63, 3.8) is 0 Å². The van der Waals surface area contributed by atoms with Crippen LogP contribution < -0.4 is 0 Å². The fraction of sp³-hybridized carbons (Fsp3) is 0.406. The molecule has 2 fully saturated rings. The summed E-state index contributed by atoms with van der Waals surface area (Å²) in [4.78, 5) is 31.2. The van der Waals surface area contributed by atoms with Gasteiger partial charge in [-0.2, -0.15) is 5.26 Å². The Morgan fingerprint density at radius 1 is 0.974 bits per heavy atom. The maximum Gasteiger partial charge on any atom is 0.254 e. The molecule has 198 valence electrons. The minimum Gasteiger partial charge on any atom is -0.508 e. The number of amides is 2. The van der Waals surface area contributed by atoms with Crippen molar-refractivity contribution < 1.29 is 14.7 Å². The molecule has 0 aliphatic carbocycles. The van der Waals surface area contributed by atoms with E-state index in [1.165, 1.54) is 0 Å². The van der Waals surface area contributed by atoms with E-state index in [1.54, 1.807) is 29.2 Å². The number of hydrogen-bond acceptors (Lipinski definition) is 4. The van der Waals surface area contributed by atoms with E-state index < -0.39 is 5.41 Å². The van der Waals surface area contributed by atoms with E-state index in [0.717, 1.165) is 30.4 Å². The van der Waals surface area contributed by atoms with E-state index in [9.17, 15) is 20.0 Å². The summed E-state index contributed by atoms with van der Waals surface area (Å²) >= 11 is 0. The van der Waals surface area contributed by atoms with E-state index in [2.05, 4.69) is 6.07 Å². The number of nitrogens with zero attached hydrogens (tertiary/aromatic N) is 3. The van der Waals surface area contributed by atoms with Crippen LogP contribution in [0.4, 0.5) is 0 Å². The molecule has 2 aliphatic rings. The van der Waals surface area contributed by atoms with Gasteiger partial charge in [-0.25, -0.2) is 0 Å². The molecule has 2 aromatic rings. The highest BCUT2D eigenvalue weighted by molar-refractivity contribution is 6.21. The largest absolute Gasteiger partial charge is 0.508 e. The number of carbonyl (C=O) groups excluding carboxylic acids is 2. The number of aryl methyl sites for hydroxylation is 1. The number of aromatic hydroxyl groups is 1. The molecule has 2 aliphatic heterocycles. The standard InChI is InChI=1S/C32H37N3O3/c1-3-10-25(30(37)35-19-15-32(23-33,16-20-35)26-11-6-4-7-12-26)21-29(28-22-27(36)14-13-24(28)2)31(38)34-17-8-5-9-18-34/h4,6-7,10-14,21-22,36H,3,5,8-9,15-20H2,1-2H3/b25-10-,29-21+. The molecule has 4 rings (SSSR count). The van der Waals surface area contributed by atoms with Gasteiger partial charge in [0.25, 0.3) is 11.8 Å². The number of benzene rings is 2. The van der Waals surface area contributed by atoms with Gasteiger partial charge in [0, 0.05) is 37.3 Å². The predicted molar refractivity (Wildman–Crippen MR) is 149 cm³/mol. The average molecular weight is 512 g/mol. The number of phenols is 1. The number of rotatable bonds is 6. The molecule has 6 heteroatoms. The van der Waals surface area contributed by atoms with Crippen LogP contribution in [0.3, 0.4) is 0 Å². The van der Waals surface area contributed by atoms with Crippen molar-refractivity contribution in [3.05, 3.63) is 82.9 Å². The van der Waals surface area contributed by atoms with Crippen molar-refractivity contribution in [2.45, 2.75) is 57.8 Å². The highest BCUT2D eigenvalue weighted by atomic mass is 16.3. The summed E-state index contributed by atoms with van der Waals surface area (Å²) in [6.07, 6.45) is 8.38. The van der Waals surface area contributed by atoms with E-state index in [4.69, 9.17) is 0 Å². The van der Waals surface area contributed by atoms with Crippen molar-refractivity contribution in [2.75, 3.05) is 26.2 Å². The van der Waals surface area contributed by atoms with Gasteiger partial charge in [-0.3, -0.25) is 9.59 Å². The molecule has 2 saturated heterocycles. The molecule has 1 N–H and O–H groups in total. The molecule has 0 unspecified atom stereocenters. The molecule has 0 spiro atoms. The van der Waals surface area contributed by atoms with Gasteiger partial charge in [-0.15, -0.1) is 0 Å². The zero-order chi connectivity index (χ0) is 27.1. The second-order valence-corrected chi connectivity index (χ2v) is 10.3.